The van der Waals surface area contributed by atoms with Gasteiger partial charge in [0, 0.05) is 1.43 Å². The maximum Gasteiger partial charge on any atom is 0.0709 e. The average molecular weight is 116 g/mol. The highest BCUT2D eigenvalue weighted by molar-refractivity contribution is 4.91. The van der Waals surface area contributed by atoms with E-state index in [0.717, 1.165) is 0 Å². The molecule has 0 aliphatic rings. The first-order chi connectivity index (χ1) is 3.63. The molecule has 0 amide bonds. The Hall–Kier alpha value is -0.500. The van der Waals surface area contributed by atoms with E-state index in [1.165, 1.54) is 5.57 Å². The molecule has 0 bridgehead atoms. The molecular formula is C6H16N2. The van der Waals surface area contributed by atoms with Crippen LogP contribution in [0.15, 0.2) is 11.8 Å². The summed E-state index contributed by atoms with van der Waals surface area (Å²) in [6, 6.07) is 0. The van der Waals surface area contributed by atoms with Gasteiger partial charge in [-0.1, -0.05) is 5.57 Å². The van der Waals surface area contributed by atoms with Crippen molar-refractivity contribution < 1.29 is 1.43 Å². The second kappa shape index (κ2) is 3.50. The summed E-state index contributed by atoms with van der Waals surface area (Å²) in [5, 5.41) is 2.96. The van der Waals surface area contributed by atoms with Crippen LogP contribution in [0, 0.1) is 0 Å². The summed E-state index contributed by atoms with van der Waals surface area (Å²) in [5.74, 6) is 0. The van der Waals surface area contributed by atoms with E-state index in [2.05, 4.69) is 5.32 Å². The number of nitrogens with two attached hydrogens (primary N) is 1. The quantitative estimate of drug-likeness (QED) is 0.529. The van der Waals surface area contributed by atoms with Crippen molar-refractivity contribution in [2.24, 2.45) is 5.73 Å². The SMILES string of the molecule is CC(C)=CNC(C)N.[HH]. The van der Waals surface area contributed by atoms with E-state index in [0.29, 0.717) is 0 Å². The van der Waals surface area contributed by atoms with Gasteiger partial charge in [0.05, 0.1) is 6.17 Å². The molecule has 2 heteroatoms. The highest BCUT2D eigenvalue weighted by Gasteiger charge is 1.82. The van der Waals surface area contributed by atoms with Crippen molar-refractivity contribution in [1.29, 1.82) is 0 Å². The van der Waals surface area contributed by atoms with E-state index >= 15 is 0 Å². The molecule has 0 radical (unpaired) electrons. The van der Waals surface area contributed by atoms with Crippen molar-refractivity contribution in [3.05, 3.63) is 11.8 Å². The first kappa shape index (κ1) is 7.50. The lowest BCUT2D eigenvalue weighted by Crippen LogP contribution is -2.29. The lowest BCUT2D eigenvalue weighted by Gasteiger charge is -2.03. The van der Waals surface area contributed by atoms with Gasteiger partial charge in [0.25, 0.3) is 0 Å². The van der Waals surface area contributed by atoms with Crippen molar-refractivity contribution >= 4 is 0 Å². The molecule has 0 aliphatic carbocycles. The Morgan fingerprint density at radius 3 is 2.38 bits per heavy atom. The second-order valence-electron chi connectivity index (χ2n) is 2.18. The van der Waals surface area contributed by atoms with Gasteiger partial charge in [-0.2, -0.15) is 0 Å². The minimum atomic E-state index is 0. The Labute approximate surface area is 52.2 Å². The van der Waals surface area contributed by atoms with Gasteiger partial charge >= 0.3 is 0 Å². The van der Waals surface area contributed by atoms with Crippen LogP contribution < -0.4 is 11.1 Å². The molecule has 0 saturated heterocycles. The van der Waals surface area contributed by atoms with Crippen LogP contribution in [0.1, 0.15) is 22.2 Å². The molecule has 3 N–H and O–H groups in total. The van der Waals surface area contributed by atoms with Gasteiger partial charge in [0.2, 0.25) is 0 Å². The first-order valence-electron chi connectivity index (χ1n) is 2.78. The van der Waals surface area contributed by atoms with Crippen LogP contribution in [-0.4, -0.2) is 6.17 Å². The fourth-order valence-corrected chi connectivity index (χ4v) is 0.298. The van der Waals surface area contributed by atoms with E-state index in [1.54, 1.807) is 0 Å². The summed E-state index contributed by atoms with van der Waals surface area (Å²) >= 11 is 0. The van der Waals surface area contributed by atoms with Crippen LogP contribution in [0.4, 0.5) is 0 Å². The fourth-order valence-electron chi connectivity index (χ4n) is 0.298. The molecule has 0 aromatic heterocycles. The molecule has 2 nitrogen and oxygen atoms in total. The van der Waals surface area contributed by atoms with Gasteiger partial charge in [-0.05, 0) is 27.0 Å². The summed E-state index contributed by atoms with van der Waals surface area (Å²) < 4.78 is 0. The van der Waals surface area contributed by atoms with Crippen molar-refractivity contribution in [3.63, 3.8) is 0 Å². The van der Waals surface area contributed by atoms with Crippen LogP contribution in [0.2, 0.25) is 0 Å². The Balaban J connectivity index is 0. The monoisotopic (exact) mass is 116 g/mol. The Kier molecular flexibility index (Phi) is 3.28. The summed E-state index contributed by atoms with van der Waals surface area (Å²) in [4.78, 5) is 0. The van der Waals surface area contributed by atoms with Gasteiger partial charge in [0.15, 0.2) is 0 Å². The van der Waals surface area contributed by atoms with Crippen LogP contribution in [0.5, 0.6) is 0 Å². The van der Waals surface area contributed by atoms with Crippen molar-refractivity contribution in [2.45, 2.75) is 26.9 Å². The summed E-state index contributed by atoms with van der Waals surface area (Å²) in [5.41, 5.74) is 6.62. The van der Waals surface area contributed by atoms with Crippen LogP contribution in [0.25, 0.3) is 0 Å². The van der Waals surface area contributed by atoms with E-state index in [1.807, 2.05) is 27.0 Å². The van der Waals surface area contributed by atoms with E-state index in [4.69, 9.17) is 5.73 Å². The number of rotatable bonds is 2. The number of allylic oxidation sites excluding steroid dienone is 1. The molecular weight excluding hydrogens is 100 g/mol. The number of nitrogens with one attached hydrogen (secondary N) is 1. The predicted octanol–water partition coefficient (Wildman–Crippen LogP) is 1.05. The zero-order valence-electron chi connectivity index (χ0n) is 5.73. The van der Waals surface area contributed by atoms with Gasteiger partial charge in [-0.25, -0.2) is 0 Å². The van der Waals surface area contributed by atoms with Gasteiger partial charge in [0.1, 0.15) is 0 Å². The highest BCUT2D eigenvalue weighted by atomic mass is 15.0. The topological polar surface area (TPSA) is 38.0 Å². The van der Waals surface area contributed by atoms with Gasteiger partial charge in [-0.15, -0.1) is 0 Å². The fraction of sp³-hybridized carbons (Fsp3) is 0.667. The lowest BCUT2D eigenvalue weighted by atomic mass is 10.4. The molecule has 8 heavy (non-hydrogen) atoms. The average Bonchev–Trinajstić information content (AvgIpc) is 1.61. The van der Waals surface area contributed by atoms with Gasteiger partial charge in [-0.3, -0.25) is 0 Å². The Morgan fingerprint density at radius 1 is 1.75 bits per heavy atom. The smallest absolute Gasteiger partial charge is 0.0709 e. The predicted molar refractivity (Wildman–Crippen MR) is 38.3 cm³/mol. The molecule has 50 valence electrons. The summed E-state index contributed by atoms with van der Waals surface area (Å²) in [6.45, 7) is 5.95. The zero-order valence-corrected chi connectivity index (χ0v) is 5.73. The van der Waals surface area contributed by atoms with Crippen LogP contribution in [0.3, 0.4) is 0 Å². The third-order valence-corrected chi connectivity index (χ3v) is 0.635. The van der Waals surface area contributed by atoms with E-state index < -0.39 is 0 Å². The molecule has 0 aromatic rings. The molecule has 0 rings (SSSR count). The first-order valence-corrected chi connectivity index (χ1v) is 2.78. The molecule has 0 spiro atoms. The minimum Gasteiger partial charge on any atom is -0.376 e. The maximum absolute atomic E-state index is 5.38. The normalized spacial score (nSPS) is 12.5. The molecule has 1 atom stereocenters. The molecule has 0 fully saturated rings. The second-order valence-corrected chi connectivity index (χ2v) is 2.18. The van der Waals surface area contributed by atoms with Crippen LogP contribution in [-0.2, 0) is 0 Å². The molecule has 0 aromatic carbocycles. The highest BCUT2D eigenvalue weighted by Crippen LogP contribution is 1.83. The van der Waals surface area contributed by atoms with E-state index in [-0.39, 0.29) is 7.59 Å². The number of hydrogen-bond donors (Lipinski definition) is 2. The third-order valence-electron chi connectivity index (χ3n) is 0.635. The minimum absolute atomic E-state index is 0. The largest absolute Gasteiger partial charge is 0.376 e. The van der Waals surface area contributed by atoms with Crippen molar-refractivity contribution in [1.82, 2.24) is 5.32 Å². The Morgan fingerprint density at radius 2 is 2.25 bits per heavy atom. The lowest BCUT2D eigenvalue weighted by molar-refractivity contribution is 0.667. The van der Waals surface area contributed by atoms with Crippen molar-refractivity contribution in [2.75, 3.05) is 0 Å². The van der Waals surface area contributed by atoms with Crippen molar-refractivity contribution in [3.8, 4) is 0 Å². The zero-order chi connectivity index (χ0) is 6.57. The third kappa shape index (κ3) is 5.50. The van der Waals surface area contributed by atoms with E-state index in [9.17, 15) is 0 Å². The molecule has 0 heterocycles. The number of hydrogen-bond acceptors (Lipinski definition) is 2. The summed E-state index contributed by atoms with van der Waals surface area (Å²) in [7, 11) is 0. The molecule has 0 aliphatic heterocycles. The van der Waals surface area contributed by atoms with Gasteiger partial charge < -0.3 is 11.1 Å². The molecule has 0 saturated carbocycles. The summed E-state index contributed by atoms with van der Waals surface area (Å²) in [6.07, 6.45) is 1.97. The van der Waals surface area contributed by atoms with Crippen LogP contribution >= 0.6 is 0 Å². The molecule has 1 unspecified atom stereocenters. The Bertz CT molecular complexity index is 85.1. The standard InChI is InChI=1S/C6H14N2.H2/c1-5(2)4-8-6(3)7;/h4,6,8H,7H2,1-3H3;1H. The maximum atomic E-state index is 5.38.